The van der Waals surface area contributed by atoms with Crippen LogP contribution in [0.3, 0.4) is 0 Å². The first-order chi connectivity index (χ1) is 12.5. The zero-order valence-electron chi connectivity index (χ0n) is 14.6. The van der Waals surface area contributed by atoms with Gasteiger partial charge in [0.15, 0.2) is 0 Å². The topological polar surface area (TPSA) is 59.2 Å². The molecule has 0 radical (unpaired) electrons. The number of halogens is 1. The van der Waals surface area contributed by atoms with E-state index in [1.54, 1.807) is 4.90 Å². The van der Waals surface area contributed by atoms with Crippen molar-refractivity contribution < 1.29 is 9.32 Å². The monoisotopic (exact) mass is 367 g/mol. The molecule has 0 bridgehead atoms. The van der Waals surface area contributed by atoms with Crippen molar-refractivity contribution in [1.29, 1.82) is 0 Å². The Morgan fingerprint density at radius 1 is 1.15 bits per heavy atom. The predicted molar refractivity (Wildman–Crippen MR) is 100 cm³/mol. The Morgan fingerprint density at radius 3 is 2.65 bits per heavy atom. The third kappa shape index (κ3) is 3.10. The average Bonchev–Trinajstić information content (AvgIpc) is 3.25. The largest absolute Gasteiger partial charge is 0.339 e. The van der Waals surface area contributed by atoms with Crippen molar-refractivity contribution in [2.75, 3.05) is 11.4 Å². The van der Waals surface area contributed by atoms with Gasteiger partial charge in [0.1, 0.15) is 0 Å². The number of rotatable bonds is 3. The van der Waals surface area contributed by atoms with Gasteiger partial charge in [-0.1, -0.05) is 46.6 Å². The van der Waals surface area contributed by atoms with Gasteiger partial charge in [-0.05, 0) is 37.6 Å². The molecule has 5 nitrogen and oxygen atoms in total. The number of carbonyl (C=O) groups is 1. The molecule has 0 N–H and O–H groups in total. The molecular weight excluding hydrogens is 350 g/mol. The van der Waals surface area contributed by atoms with Crippen LogP contribution >= 0.6 is 11.6 Å². The molecule has 3 aromatic rings. The molecule has 0 aliphatic carbocycles. The molecule has 2 heterocycles. The number of carbonyl (C=O) groups excluding carboxylic acids is 1. The summed E-state index contributed by atoms with van der Waals surface area (Å²) in [5.74, 6) is 0.993. The first kappa shape index (κ1) is 16.8. The van der Waals surface area contributed by atoms with Gasteiger partial charge in [-0.3, -0.25) is 4.79 Å². The molecule has 0 saturated carbocycles. The van der Waals surface area contributed by atoms with Gasteiger partial charge in [0.25, 0.3) is 0 Å². The highest BCUT2D eigenvalue weighted by Crippen LogP contribution is 2.33. The molecule has 1 unspecified atom stereocenters. The Labute approximate surface area is 156 Å². The van der Waals surface area contributed by atoms with Gasteiger partial charge in [-0.25, -0.2) is 0 Å². The molecular formula is C20H18ClN3O2. The summed E-state index contributed by atoms with van der Waals surface area (Å²) in [6.07, 6.45) is 0.358. The minimum absolute atomic E-state index is 0.0480. The van der Waals surface area contributed by atoms with E-state index in [1.807, 2.05) is 56.3 Å². The van der Waals surface area contributed by atoms with Gasteiger partial charge in [-0.2, -0.15) is 4.98 Å². The van der Waals surface area contributed by atoms with Crippen molar-refractivity contribution in [1.82, 2.24) is 10.1 Å². The molecule has 2 aromatic carbocycles. The molecule has 4 rings (SSSR count). The lowest BCUT2D eigenvalue weighted by Crippen LogP contribution is -2.24. The molecule has 1 amide bonds. The maximum atomic E-state index is 12.5. The SMILES string of the molecule is Cc1ccc(-c2noc(C3CC(=O)N(c4ccc(Cl)c(C)c4)C3)n2)cc1. The number of amides is 1. The summed E-state index contributed by atoms with van der Waals surface area (Å²) >= 11 is 6.08. The lowest BCUT2D eigenvalue weighted by molar-refractivity contribution is -0.117. The number of anilines is 1. The van der Waals surface area contributed by atoms with Crippen LogP contribution in [-0.2, 0) is 4.79 Å². The zero-order valence-corrected chi connectivity index (χ0v) is 15.3. The second-order valence-corrected chi connectivity index (χ2v) is 7.07. The number of nitrogens with zero attached hydrogens (tertiary/aromatic N) is 3. The van der Waals surface area contributed by atoms with E-state index in [0.717, 1.165) is 16.8 Å². The molecule has 0 spiro atoms. The Balaban J connectivity index is 1.55. The molecule has 1 fully saturated rings. The van der Waals surface area contributed by atoms with Gasteiger partial charge in [0.2, 0.25) is 17.6 Å². The quantitative estimate of drug-likeness (QED) is 0.682. The molecule has 1 aliphatic rings. The minimum Gasteiger partial charge on any atom is -0.339 e. The zero-order chi connectivity index (χ0) is 18.3. The summed E-state index contributed by atoms with van der Waals surface area (Å²) in [6, 6.07) is 13.5. The Hall–Kier alpha value is -2.66. The molecule has 1 aliphatic heterocycles. The highest BCUT2D eigenvalue weighted by Gasteiger charge is 2.35. The van der Waals surface area contributed by atoms with Crippen LogP contribution in [0.4, 0.5) is 5.69 Å². The van der Waals surface area contributed by atoms with Crippen molar-refractivity contribution in [2.24, 2.45) is 0 Å². The van der Waals surface area contributed by atoms with Crippen molar-refractivity contribution >= 4 is 23.2 Å². The van der Waals surface area contributed by atoms with Crippen LogP contribution in [0.5, 0.6) is 0 Å². The smallest absolute Gasteiger partial charge is 0.232 e. The van der Waals surface area contributed by atoms with E-state index in [1.165, 1.54) is 5.56 Å². The number of hydrogen-bond donors (Lipinski definition) is 0. The van der Waals surface area contributed by atoms with Crippen LogP contribution in [0.2, 0.25) is 5.02 Å². The summed E-state index contributed by atoms with van der Waals surface area (Å²) in [5.41, 5.74) is 3.87. The van der Waals surface area contributed by atoms with Crippen molar-refractivity contribution in [3.8, 4) is 11.4 Å². The van der Waals surface area contributed by atoms with Gasteiger partial charge in [-0.15, -0.1) is 0 Å². The van der Waals surface area contributed by atoms with Crippen LogP contribution < -0.4 is 4.90 Å². The third-order valence-electron chi connectivity index (χ3n) is 4.68. The van der Waals surface area contributed by atoms with E-state index in [9.17, 15) is 4.79 Å². The number of aromatic nitrogens is 2. The average molecular weight is 368 g/mol. The molecule has 26 heavy (non-hydrogen) atoms. The maximum Gasteiger partial charge on any atom is 0.232 e. The van der Waals surface area contributed by atoms with Crippen LogP contribution in [-0.4, -0.2) is 22.6 Å². The maximum absolute atomic E-state index is 12.5. The van der Waals surface area contributed by atoms with Crippen molar-refractivity contribution in [3.05, 3.63) is 64.5 Å². The van der Waals surface area contributed by atoms with Crippen LogP contribution in [0.1, 0.15) is 29.4 Å². The number of aryl methyl sites for hydroxylation is 2. The summed E-state index contributed by atoms with van der Waals surface area (Å²) in [5, 5.41) is 4.77. The fourth-order valence-electron chi connectivity index (χ4n) is 3.14. The summed E-state index contributed by atoms with van der Waals surface area (Å²) in [4.78, 5) is 18.7. The fourth-order valence-corrected chi connectivity index (χ4v) is 3.26. The van der Waals surface area contributed by atoms with Gasteiger partial charge in [0.05, 0.1) is 5.92 Å². The van der Waals surface area contributed by atoms with E-state index >= 15 is 0 Å². The molecule has 1 saturated heterocycles. The van der Waals surface area contributed by atoms with Gasteiger partial charge < -0.3 is 9.42 Å². The molecule has 6 heteroatoms. The highest BCUT2D eigenvalue weighted by atomic mass is 35.5. The normalized spacial score (nSPS) is 17.1. The Kier molecular flexibility index (Phi) is 4.24. The number of hydrogen-bond acceptors (Lipinski definition) is 4. The second kappa shape index (κ2) is 6.57. The Bertz CT molecular complexity index is 965. The van der Waals surface area contributed by atoms with Crippen molar-refractivity contribution in [2.45, 2.75) is 26.2 Å². The standard InChI is InChI=1S/C20H18ClN3O2/c1-12-3-5-14(6-4-12)19-22-20(26-23-19)15-10-18(25)24(11-15)16-7-8-17(21)13(2)9-16/h3-9,15H,10-11H2,1-2H3. The van der Waals surface area contributed by atoms with Crippen LogP contribution in [0.25, 0.3) is 11.4 Å². The van der Waals surface area contributed by atoms with Gasteiger partial charge in [0, 0.05) is 29.2 Å². The second-order valence-electron chi connectivity index (χ2n) is 6.66. The third-order valence-corrected chi connectivity index (χ3v) is 5.10. The van der Waals surface area contributed by atoms with E-state index < -0.39 is 0 Å². The molecule has 132 valence electrons. The predicted octanol–water partition coefficient (Wildman–Crippen LogP) is 4.53. The van der Waals surface area contributed by atoms with E-state index in [0.29, 0.717) is 29.7 Å². The molecule has 1 atom stereocenters. The van der Waals surface area contributed by atoms with E-state index in [-0.39, 0.29) is 11.8 Å². The van der Waals surface area contributed by atoms with Gasteiger partial charge >= 0.3 is 0 Å². The highest BCUT2D eigenvalue weighted by molar-refractivity contribution is 6.31. The first-order valence-corrected chi connectivity index (χ1v) is 8.86. The summed E-state index contributed by atoms with van der Waals surface area (Å²) in [7, 11) is 0. The molecule has 1 aromatic heterocycles. The van der Waals surface area contributed by atoms with Crippen molar-refractivity contribution in [3.63, 3.8) is 0 Å². The summed E-state index contributed by atoms with van der Waals surface area (Å²) in [6.45, 7) is 4.48. The lowest BCUT2D eigenvalue weighted by atomic mass is 10.1. The summed E-state index contributed by atoms with van der Waals surface area (Å²) < 4.78 is 5.45. The first-order valence-electron chi connectivity index (χ1n) is 8.48. The Morgan fingerprint density at radius 2 is 1.92 bits per heavy atom. The number of benzene rings is 2. The minimum atomic E-state index is -0.106. The lowest BCUT2D eigenvalue weighted by Gasteiger charge is -2.17. The van der Waals surface area contributed by atoms with E-state index in [4.69, 9.17) is 16.1 Å². The fraction of sp³-hybridized carbons (Fsp3) is 0.250. The van der Waals surface area contributed by atoms with E-state index in [2.05, 4.69) is 10.1 Å². The van der Waals surface area contributed by atoms with Crippen LogP contribution in [0.15, 0.2) is 47.0 Å². The van der Waals surface area contributed by atoms with Crippen LogP contribution in [0, 0.1) is 13.8 Å².